The minimum Gasteiger partial charge on any atom is -0.491 e. The van der Waals surface area contributed by atoms with Crippen molar-refractivity contribution in [3.63, 3.8) is 0 Å². The van der Waals surface area contributed by atoms with Gasteiger partial charge in [0.2, 0.25) is 6.79 Å². The molecule has 3 rings (SSSR count). The molecule has 0 aliphatic carbocycles. The smallest absolute Gasteiger partial charge is 0.231 e. The third-order valence-electron chi connectivity index (χ3n) is 3.53. The Kier molecular flexibility index (Phi) is 5.05. The topological polar surface area (TPSA) is 51.8 Å². The molecule has 1 atom stereocenters. The summed E-state index contributed by atoms with van der Waals surface area (Å²) in [5.41, 5.74) is 2.06. The maximum Gasteiger partial charge on any atom is 0.231 e. The van der Waals surface area contributed by atoms with Crippen molar-refractivity contribution in [3.8, 4) is 17.2 Å². The van der Waals surface area contributed by atoms with E-state index in [2.05, 4.69) is 10.6 Å². The molecule has 0 aromatic heterocycles. The predicted molar refractivity (Wildman–Crippen MR) is 98.1 cm³/mol. The molecule has 1 aliphatic rings. The van der Waals surface area contributed by atoms with Crippen LogP contribution in [0.3, 0.4) is 0 Å². The lowest BCUT2D eigenvalue weighted by Crippen LogP contribution is -2.39. The molecule has 0 bridgehead atoms. The quantitative estimate of drug-likeness (QED) is 0.810. The van der Waals surface area contributed by atoms with Gasteiger partial charge in [-0.1, -0.05) is 17.7 Å². The number of nitrogens with one attached hydrogen (secondary N) is 2. The van der Waals surface area contributed by atoms with Gasteiger partial charge in [-0.15, -0.1) is 0 Å². The highest BCUT2D eigenvalue weighted by Crippen LogP contribution is 2.34. The van der Waals surface area contributed by atoms with Crippen LogP contribution in [0.5, 0.6) is 17.2 Å². The molecule has 24 heavy (non-hydrogen) atoms. The van der Waals surface area contributed by atoms with Crippen LogP contribution in [0.1, 0.15) is 12.5 Å². The first-order valence-corrected chi connectivity index (χ1v) is 8.17. The standard InChI is InChI=1S/C18H20N2O3S/c1-12-3-6-15(7-4-12)21-10-13(2)19-18(24)20-14-5-8-16-17(9-14)23-11-22-16/h3-9,13H,10-11H2,1-2H3,(H2,19,20,24). The number of benzene rings is 2. The van der Waals surface area contributed by atoms with Gasteiger partial charge in [-0.3, -0.25) is 0 Å². The van der Waals surface area contributed by atoms with E-state index < -0.39 is 0 Å². The fraction of sp³-hybridized carbons (Fsp3) is 0.278. The van der Waals surface area contributed by atoms with Crippen molar-refractivity contribution in [2.24, 2.45) is 0 Å². The Morgan fingerprint density at radius 1 is 1.17 bits per heavy atom. The third-order valence-corrected chi connectivity index (χ3v) is 3.75. The summed E-state index contributed by atoms with van der Waals surface area (Å²) in [6, 6.07) is 13.7. The summed E-state index contributed by atoms with van der Waals surface area (Å²) in [6.07, 6.45) is 0. The molecule has 0 spiro atoms. The third kappa shape index (κ3) is 4.29. The van der Waals surface area contributed by atoms with Crippen molar-refractivity contribution < 1.29 is 14.2 Å². The first kappa shape index (κ1) is 16.4. The zero-order chi connectivity index (χ0) is 16.9. The zero-order valence-electron chi connectivity index (χ0n) is 13.7. The monoisotopic (exact) mass is 344 g/mol. The molecule has 2 aromatic carbocycles. The van der Waals surface area contributed by atoms with Crippen LogP contribution in [0.15, 0.2) is 42.5 Å². The summed E-state index contributed by atoms with van der Waals surface area (Å²) in [4.78, 5) is 0. The van der Waals surface area contributed by atoms with Gasteiger partial charge in [0.25, 0.3) is 0 Å². The van der Waals surface area contributed by atoms with E-state index in [0.29, 0.717) is 11.7 Å². The Balaban J connectivity index is 1.46. The van der Waals surface area contributed by atoms with Crippen molar-refractivity contribution in [2.75, 3.05) is 18.7 Å². The summed E-state index contributed by atoms with van der Waals surface area (Å²) in [5.74, 6) is 2.32. The minimum absolute atomic E-state index is 0.0697. The number of anilines is 1. The van der Waals surface area contributed by atoms with Crippen LogP contribution < -0.4 is 24.8 Å². The van der Waals surface area contributed by atoms with E-state index in [0.717, 1.165) is 22.9 Å². The van der Waals surface area contributed by atoms with Crippen molar-refractivity contribution >= 4 is 23.0 Å². The number of hydrogen-bond acceptors (Lipinski definition) is 4. The number of fused-ring (bicyclic) bond motifs is 1. The number of thiocarbonyl (C=S) groups is 1. The highest BCUT2D eigenvalue weighted by atomic mass is 32.1. The second kappa shape index (κ2) is 7.40. The van der Waals surface area contributed by atoms with Gasteiger partial charge in [-0.2, -0.15) is 0 Å². The lowest BCUT2D eigenvalue weighted by Gasteiger charge is -2.18. The van der Waals surface area contributed by atoms with Crippen LogP contribution in [0.2, 0.25) is 0 Å². The molecule has 2 aromatic rings. The van der Waals surface area contributed by atoms with Gasteiger partial charge in [0.1, 0.15) is 12.4 Å². The molecule has 0 radical (unpaired) electrons. The van der Waals surface area contributed by atoms with E-state index in [1.807, 2.05) is 56.3 Å². The first-order chi connectivity index (χ1) is 11.6. The van der Waals surface area contributed by atoms with Gasteiger partial charge in [0, 0.05) is 11.8 Å². The van der Waals surface area contributed by atoms with E-state index in [1.165, 1.54) is 5.56 Å². The van der Waals surface area contributed by atoms with E-state index >= 15 is 0 Å². The fourth-order valence-electron chi connectivity index (χ4n) is 2.26. The van der Waals surface area contributed by atoms with Crippen LogP contribution in [-0.2, 0) is 0 Å². The average Bonchev–Trinajstić information content (AvgIpc) is 3.02. The fourth-order valence-corrected chi connectivity index (χ4v) is 2.58. The second-order valence-electron chi connectivity index (χ2n) is 5.69. The average molecular weight is 344 g/mol. The van der Waals surface area contributed by atoms with Gasteiger partial charge in [0.05, 0.1) is 6.04 Å². The van der Waals surface area contributed by atoms with E-state index in [-0.39, 0.29) is 12.8 Å². The molecular formula is C18H20N2O3S. The second-order valence-corrected chi connectivity index (χ2v) is 6.10. The van der Waals surface area contributed by atoms with Crippen molar-refractivity contribution in [2.45, 2.75) is 19.9 Å². The lowest BCUT2D eigenvalue weighted by molar-refractivity contribution is 0.174. The van der Waals surface area contributed by atoms with Crippen LogP contribution in [0.4, 0.5) is 5.69 Å². The maximum absolute atomic E-state index is 5.75. The summed E-state index contributed by atoms with van der Waals surface area (Å²) < 4.78 is 16.4. The van der Waals surface area contributed by atoms with Gasteiger partial charge in [0.15, 0.2) is 16.6 Å². The molecule has 5 nitrogen and oxygen atoms in total. The Morgan fingerprint density at radius 3 is 2.71 bits per heavy atom. The van der Waals surface area contributed by atoms with Gasteiger partial charge >= 0.3 is 0 Å². The van der Waals surface area contributed by atoms with Crippen molar-refractivity contribution in [3.05, 3.63) is 48.0 Å². The molecule has 126 valence electrons. The van der Waals surface area contributed by atoms with E-state index in [1.54, 1.807) is 0 Å². The van der Waals surface area contributed by atoms with Crippen LogP contribution in [0, 0.1) is 6.92 Å². The molecular weight excluding hydrogens is 324 g/mol. The maximum atomic E-state index is 5.75. The molecule has 0 saturated heterocycles. The molecule has 1 aliphatic heterocycles. The number of aryl methyl sites for hydroxylation is 1. The van der Waals surface area contributed by atoms with Gasteiger partial charge in [-0.25, -0.2) is 0 Å². The van der Waals surface area contributed by atoms with Crippen LogP contribution >= 0.6 is 12.2 Å². The molecule has 6 heteroatoms. The van der Waals surface area contributed by atoms with Crippen molar-refractivity contribution in [1.82, 2.24) is 5.32 Å². The summed E-state index contributed by atoms with van der Waals surface area (Å²) in [7, 11) is 0. The predicted octanol–water partition coefficient (Wildman–Crippen LogP) is 3.48. The zero-order valence-corrected chi connectivity index (χ0v) is 14.5. The molecule has 1 unspecified atom stereocenters. The summed E-state index contributed by atoms with van der Waals surface area (Å²) in [5, 5.41) is 6.87. The first-order valence-electron chi connectivity index (χ1n) is 7.77. The Bertz CT molecular complexity index is 719. The summed E-state index contributed by atoms with van der Waals surface area (Å²) in [6.45, 7) is 4.84. The highest BCUT2D eigenvalue weighted by Gasteiger charge is 2.14. The Hall–Kier alpha value is -2.47. The van der Waals surface area contributed by atoms with E-state index in [4.69, 9.17) is 26.4 Å². The van der Waals surface area contributed by atoms with Gasteiger partial charge in [-0.05, 0) is 50.3 Å². The molecule has 0 amide bonds. The number of ether oxygens (including phenoxy) is 3. The lowest BCUT2D eigenvalue weighted by atomic mass is 10.2. The molecule has 0 fully saturated rings. The largest absolute Gasteiger partial charge is 0.491 e. The number of hydrogen-bond donors (Lipinski definition) is 2. The normalized spacial score (nSPS) is 13.2. The number of rotatable bonds is 5. The molecule has 0 saturated carbocycles. The van der Waals surface area contributed by atoms with Crippen LogP contribution in [-0.4, -0.2) is 24.6 Å². The SMILES string of the molecule is Cc1ccc(OCC(C)NC(=S)Nc2ccc3c(c2)OCO3)cc1. The van der Waals surface area contributed by atoms with Crippen LogP contribution in [0.25, 0.3) is 0 Å². The Labute approximate surface area is 146 Å². The Morgan fingerprint density at radius 2 is 1.92 bits per heavy atom. The highest BCUT2D eigenvalue weighted by molar-refractivity contribution is 7.80. The summed E-state index contributed by atoms with van der Waals surface area (Å²) >= 11 is 5.34. The molecule has 1 heterocycles. The van der Waals surface area contributed by atoms with Gasteiger partial charge < -0.3 is 24.8 Å². The molecule has 2 N–H and O–H groups in total. The van der Waals surface area contributed by atoms with Crippen molar-refractivity contribution in [1.29, 1.82) is 0 Å². The van der Waals surface area contributed by atoms with E-state index in [9.17, 15) is 0 Å². The minimum atomic E-state index is 0.0697.